The molecule has 116 valence electrons. The fourth-order valence-electron chi connectivity index (χ4n) is 1.98. The van der Waals surface area contributed by atoms with Gasteiger partial charge in [0.25, 0.3) is 0 Å². The molecule has 0 saturated heterocycles. The highest BCUT2D eigenvalue weighted by Crippen LogP contribution is 2.36. The van der Waals surface area contributed by atoms with Crippen LogP contribution in [0.3, 0.4) is 0 Å². The Morgan fingerprint density at radius 2 is 2.18 bits per heavy atom. The highest BCUT2D eigenvalue weighted by atomic mass is 32.2. The van der Waals surface area contributed by atoms with E-state index in [-0.39, 0.29) is 5.75 Å². The zero-order valence-electron chi connectivity index (χ0n) is 11.4. The molecule has 0 aliphatic carbocycles. The number of benzene rings is 1. The van der Waals surface area contributed by atoms with Gasteiger partial charge in [-0.1, -0.05) is 6.92 Å². The number of rotatable bonds is 4. The molecule has 0 aliphatic rings. The van der Waals surface area contributed by atoms with E-state index in [1.54, 1.807) is 24.5 Å². The van der Waals surface area contributed by atoms with Crippen molar-refractivity contribution in [3.05, 3.63) is 30.6 Å². The average molecular weight is 328 g/mol. The monoisotopic (exact) mass is 328 g/mol. The van der Waals surface area contributed by atoms with Gasteiger partial charge >= 0.3 is 6.36 Å². The molecular formula is C13H11F3N4OS. The molecule has 5 nitrogen and oxygen atoms in total. The van der Waals surface area contributed by atoms with Crippen LogP contribution in [0.4, 0.5) is 13.2 Å². The van der Waals surface area contributed by atoms with Gasteiger partial charge in [-0.15, -0.1) is 24.9 Å². The van der Waals surface area contributed by atoms with E-state index in [4.69, 9.17) is 0 Å². The largest absolute Gasteiger partial charge is 0.573 e. The van der Waals surface area contributed by atoms with Gasteiger partial charge in [-0.3, -0.25) is 0 Å². The molecule has 2 aromatic heterocycles. The van der Waals surface area contributed by atoms with E-state index in [1.807, 2.05) is 6.92 Å². The Morgan fingerprint density at radius 1 is 1.36 bits per heavy atom. The van der Waals surface area contributed by atoms with Crippen molar-refractivity contribution in [2.24, 2.45) is 0 Å². The Bertz CT molecular complexity index is 783. The summed E-state index contributed by atoms with van der Waals surface area (Å²) >= 11 is 1.26. The second kappa shape index (κ2) is 5.56. The zero-order valence-corrected chi connectivity index (χ0v) is 12.2. The van der Waals surface area contributed by atoms with Crippen molar-refractivity contribution in [2.75, 3.05) is 5.75 Å². The minimum absolute atomic E-state index is 0.234. The quantitative estimate of drug-likeness (QED) is 0.741. The third-order valence-corrected chi connectivity index (χ3v) is 3.70. The number of thioether (sulfide) groups is 1. The lowest BCUT2D eigenvalue weighted by molar-refractivity contribution is -0.275. The first-order chi connectivity index (χ1) is 10.5. The van der Waals surface area contributed by atoms with Crippen LogP contribution < -0.4 is 4.74 Å². The predicted octanol–water partition coefficient (Wildman–Crippen LogP) is 3.76. The fraction of sp³-hybridized carbons (Fsp3) is 0.231. The summed E-state index contributed by atoms with van der Waals surface area (Å²) in [6.07, 6.45) is -1.46. The molecule has 22 heavy (non-hydrogen) atoms. The second-order valence-electron chi connectivity index (χ2n) is 4.31. The van der Waals surface area contributed by atoms with E-state index in [9.17, 15) is 13.2 Å². The number of halogens is 3. The molecule has 0 radical (unpaired) electrons. The van der Waals surface area contributed by atoms with Crippen LogP contribution in [0.25, 0.3) is 17.0 Å². The number of aromatic amines is 1. The summed E-state index contributed by atoms with van der Waals surface area (Å²) in [5, 5.41) is 4.03. The summed E-state index contributed by atoms with van der Waals surface area (Å²) in [6.45, 7) is 1.85. The third-order valence-electron chi connectivity index (χ3n) is 2.78. The second-order valence-corrected chi connectivity index (χ2v) is 5.61. The lowest BCUT2D eigenvalue weighted by Crippen LogP contribution is -2.17. The molecule has 0 spiro atoms. The number of H-pyrrole nitrogens is 1. The van der Waals surface area contributed by atoms with Gasteiger partial charge < -0.3 is 9.72 Å². The molecule has 1 N–H and O–H groups in total. The maximum absolute atomic E-state index is 12.5. The average Bonchev–Trinajstić information content (AvgIpc) is 3.05. The van der Waals surface area contributed by atoms with E-state index in [1.165, 1.54) is 22.5 Å². The Morgan fingerprint density at radius 3 is 2.82 bits per heavy atom. The normalized spacial score (nSPS) is 12.0. The SMILES string of the molecule is CCSc1cc2nc(-n3cccn3)[nH]c2cc1OC(F)(F)F. The number of hydrogen-bond donors (Lipinski definition) is 1. The standard InChI is InChI=1S/C13H11F3N4OS/c1-2-22-11-7-9-8(6-10(11)21-13(14,15)16)18-12(19-9)20-5-3-4-17-20/h3-7H,2H2,1H3,(H,18,19). The molecular weight excluding hydrogens is 317 g/mol. The lowest BCUT2D eigenvalue weighted by Gasteiger charge is -2.12. The number of nitrogens with one attached hydrogen (secondary N) is 1. The fourth-order valence-corrected chi connectivity index (χ4v) is 2.73. The van der Waals surface area contributed by atoms with Crippen molar-refractivity contribution >= 4 is 22.8 Å². The van der Waals surface area contributed by atoms with Gasteiger partial charge in [0.15, 0.2) is 0 Å². The Balaban J connectivity index is 2.08. The molecule has 1 aromatic carbocycles. The van der Waals surface area contributed by atoms with Crippen LogP contribution in [0.2, 0.25) is 0 Å². The molecule has 0 aliphatic heterocycles. The molecule has 9 heteroatoms. The van der Waals surface area contributed by atoms with Crippen molar-refractivity contribution < 1.29 is 17.9 Å². The van der Waals surface area contributed by atoms with Crippen LogP contribution in [-0.2, 0) is 0 Å². The summed E-state index contributed by atoms with van der Waals surface area (Å²) in [5.74, 6) is 0.815. The first kappa shape index (κ1) is 14.8. The maximum atomic E-state index is 12.5. The van der Waals surface area contributed by atoms with Crippen molar-refractivity contribution in [3.8, 4) is 11.7 Å². The van der Waals surface area contributed by atoms with E-state index in [2.05, 4.69) is 19.8 Å². The first-order valence-electron chi connectivity index (χ1n) is 6.38. The first-order valence-corrected chi connectivity index (χ1v) is 7.37. The van der Waals surface area contributed by atoms with Crippen LogP contribution >= 0.6 is 11.8 Å². The van der Waals surface area contributed by atoms with E-state index >= 15 is 0 Å². The highest BCUT2D eigenvalue weighted by Gasteiger charge is 2.32. The molecule has 0 atom stereocenters. The van der Waals surface area contributed by atoms with Crippen molar-refractivity contribution in [3.63, 3.8) is 0 Å². The number of ether oxygens (including phenoxy) is 1. The van der Waals surface area contributed by atoms with Crippen LogP contribution in [0.1, 0.15) is 6.92 Å². The van der Waals surface area contributed by atoms with Crippen molar-refractivity contribution in [1.29, 1.82) is 0 Å². The summed E-state index contributed by atoms with van der Waals surface area (Å²) in [7, 11) is 0. The van der Waals surface area contributed by atoms with Crippen LogP contribution in [-0.4, -0.2) is 31.9 Å². The van der Waals surface area contributed by atoms with Gasteiger partial charge in [0.2, 0.25) is 5.95 Å². The third kappa shape index (κ3) is 3.03. The van der Waals surface area contributed by atoms with Gasteiger partial charge in [0, 0.05) is 18.5 Å². The van der Waals surface area contributed by atoms with E-state index in [0.717, 1.165) is 0 Å². The molecule has 0 bridgehead atoms. The molecule has 3 rings (SSSR count). The van der Waals surface area contributed by atoms with Gasteiger partial charge in [0.05, 0.1) is 15.9 Å². The smallest absolute Gasteiger partial charge is 0.405 e. The maximum Gasteiger partial charge on any atom is 0.573 e. The molecule has 0 fully saturated rings. The Kier molecular flexibility index (Phi) is 3.73. The van der Waals surface area contributed by atoms with Gasteiger partial charge in [-0.2, -0.15) is 5.10 Å². The minimum Gasteiger partial charge on any atom is -0.405 e. The zero-order chi connectivity index (χ0) is 15.7. The number of aromatic nitrogens is 4. The number of hydrogen-bond acceptors (Lipinski definition) is 4. The van der Waals surface area contributed by atoms with Gasteiger partial charge in [-0.05, 0) is 17.9 Å². The molecule has 3 aromatic rings. The Labute approximate surface area is 127 Å². The minimum atomic E-state index is -4.73. The number of imidazole rings is 1. The van der Waals surface area contributed by atoms with Crippen molar-refractivity contribution in [1.82, 2.24) is 19.7 Å². The lowest BCUT2D eigenvalue weighted by atomic mass is 10.3. The number of nitrogens with zero attached hydrogens (tertiary/aromatic N) is 3. The summed E-state index contributed by atoms with van der Waals surface area (Å²) in [4.78, 5) is 7.65. The van der Waals surface area contributed by atoms with Gasteiger partial charge in [-0.25, -0.2) is 9.67 Å². The highest BCUT2D eigenvalue weighted by molar-refractivity contribution is 7.99. The molecule has 0 amide bonds. The number of alkyl halides is 3. The predicted molar refractivity (Wildman–Crippen MR) is 76.3 cm³/mol. The molecule has 0 unspecified atom stereocenters. The van der Waals surface area contributed by atoms with Crippen LogP contribution in [0.5, 0.6) is 5.75 Å². The van der Waals surface area contributed by atoms with Crippen molar-refractivity contribution in [2.45, 2.75) is 18.2 Å². The van der Waals surface area contributed by atoms with Crippen LogP contribution in [0, 0.1) is 0 Å². The van der Waals surface area contributed by atoms with E-state index < -0.39 is 6.36 Å². The van der Waals surface area contributed by atoms with Gasteiger partial charge in [0.1, 0.15) is 5.75 Å². The summed E-state index contributed by atoms with van der Waals surface area (Å²) in [5.41, 5.74) is 1.00. The molecule has 2 heterocycles. The Hall–Kier alpha value is -2.16. The number of fused-ring (bicyclic) bond motifs is 1. The molecule has 0 saturated carbocycles. The van der Waals surface area contributed by atoms with E-state index in [0.29, 0.717) is 27.6 Å². The topological polar surface area (TPSA) is 55.7 Å². The summed E-state index contributed by atoms with van der Waals surface area (Å²) < 4.78 is 43.2. The van der Waals surface area contributed by atoms with Crippen LogP contribution in [0.15, 0.2) is 35.5 Å². The summed E-state index contributed by atoms with van der Waals surface area (Å²) in [6, 6.07) is 4.61.